The molecule has 0 heterocycles. The second-order valence-corrected chi connectivity index (χ2v) is 5.09. The molecule has 0 radical (unpaired) electrons. The van der Waals surface area contributed by atoms with Gasteiger partial charge in [0.15, 0.2) is 0 Å². The molecule has 1 aliphatic rings. The number of nitrogen functional groups attached to an aromatic ring is 1. The number of carbonyl (C=O) groups is 1. The lowest BCUT2D eigenvalue weighted by Gasteiger charge is -2.12. The summed E-state index contributed by atoms with van der Waals surface area (Å²) >= 11 is 0. The summed E-state index contributed by atoms with van der Waals surface area (Å²) in [5.74, 6) is -0.514. The third kappa shape index (κ3) is 2.20. The molecular formula is C16H17N3O. The molecule has 0 spiro atoms. The smallest absolute Gasteiger partial charge is 0.250 e. The van der Waals surface area contributed by atoms with Gasteiger partial charge in [-0.05, 0) is 54.7 Å². The summed E-state index contributed by atoms with van der Waals surface area (Å²) < 4.78 is 0. The van der Waals surface area contributed by atoms with Crippen molar-refractivity contribution in [2.75, 3.05) is 11.1 Å². The number of rotatable bonds is 3. The van der Waals surface area contributed by atoms with E-state index in [1.54, 1.807) is 12.1 Å². The van der Waals surface area contributed by atoms with E-state index in [-0.39, 0.29) is 0 Å². The van der Waals surface area contributed by atoms with Crippen LogP contribution in [0.1, 0.15) is 27.9 Å². The number of carbonyl (C=O) groups excluding carboxylic acids is 1. The fourth-order valence-corrected chi connectivity index (χ4v) is 2.69. The number of aryl methyl sites for hydroxylation is 2. The van der Waals surface area contributed by atoms with Gasteiger partial charge in [0.1, 0.15) is 0 Å². The van der Waals surface area contributed by atoms with E-state index < -0.39 is 5.91 Å². The predicted molar refractivity (Wildman–Crippen MR) is 81.1 cm³/mol. The highest BCUT2D eigenvalue weighted by molar-refractivity contribution is 6.01. The van der Waals surface area contributed by atoms with Gasteiger partial charge in [0.25, 0.3) is 5.91 Å². The molecule has 2 aromatic carbocycles. The molecule has 1 amide bonds. The van der Waals surface area contributed by atoms with Gasteiger partial charge in [0.05, 0.1) is 16.9 Å². The van der Waals surface area contributed by atoms with E-state index in [0.717, 1.165) is 18.5 Å². The molecule has 4 nitrogen and oxygen atoms in total. The average molecular weight is 267 g/mol. The highest BCUT2D eigenvalue weighted by Gasteiger charge is 2.12. The van der Waals surface area contributed by atoms with Gasteiger partial charge < -0.3 is 16.8 Å². The molecule has 0 saturated carbocycles. The summed E-state index contributed by atoms with van der Waals surface area (Å²) in [7, 11) is 0. The number of hydrogen-bond acceptors (Lipinski definition) is 3. The van der Waals surface area contributed by atoms with Crippen LogP contribution in [0.3, 0.4) is 0 Å². The summed E-state index contributed by atoms with van der Waals surface area (Å²) in [4.78, 5) is 11.3. The van der Waals surface area contributed by atoms with Crippen molar-refractivity contribution < 1.29 is 4.79 Å². The van der Waals surface area contributed by atoms with Gasteiger partial charge in [-0.2, -0.15) is 0 Å². The van der Waals surface area contributed by atoms with Gasteiger partial charge in [-0.3, -0.25) is 4.79 Å². The Balaban J connectivity index is 1.92. The van der Waals surface area contributed by atoms with Crippen LogP contribution in [0.2, 0.25) is 0 Å². The quantitative estimate of drug-likeness (QED) is 0.748. The molecule has 1 aliphatic carbocycles. The second-order valence-electron chi connectivity index (χ2n) is 5.09. The van der Waals surface area contributed by atoms with E-state index in [4.69, 9.17) is 11.5 Å². The number of fused-ring (bicyclic) bond motifs is 1. The molecule has 0 bridgehead atoms. The van der Waals surface area contributed by atoms with Crippen molar-refractivity contribution in [3.8, 4) is 0 Å². The Bertz CT molecular complexity index is 679. The zero-order valence-corrected chi connectivity index (χ0v) is 11.1. The number of para-hydroxylation sites is 1. The van der Waals surface area contributed by atoms with Crippen LogP contribution < -0.4 is 16.8 Å². The first-order valence-corrected chi connectivity index (χ1v) is 6.72. The van der Waals surface area contributed by atoms with Crippen molar-refractivity contribution in [3.05, 3.63) is 53.1 Å². The maximum Gasteiger partial charge on any atom is 0.250 e. The minimum absolute atomic E-state index is 0.344. The molecule has 4 heteroatoms. The fourth-order valence-electron chi connectivity index (χ4n) is 2.69. The van der Waals surface area contributed by atoms with Gasteiger partial charge in [-0.25, -0.2) is 0 Å². The molecule has 0 aliphatic heterocycles. The van der Waals surface area contributed by atoms with Crippen LogP contribution in [0, 0.1) is 0 Å². The van der Waals surface area contributed by atoms with Gasteiger partial charge >= 0.3 is 0 Å². The lowest BCUT2D eigenvalue weighted by molar-refractivity contribution is 0.100. The normalized spacial score (nSPS) is 13.0. The third-order valence-corrected chi connectivity index (χ3v) is 3.75. The van der Waals surface area contributed by atoms with Crippen molar-refractivity contribution >= 4 is 23.0 Å². The Morgan fingerprint density at radius 2 is 1.90 bits per heavy atom. The van der Waals surface area contributed by atoms with Crippen LogP contribution >= 0.6 is 0 Å². The standard InChI is InChI=1S/C16H17N3O/c17-15-13(16(18)20)5-2-6-14(15)19-12-8-7-10-3-1-4-11(10)9-12/h2,5-9,19H,1,3-4,17H2,(H2,18,20). The molecule has 0 unspecified atom stereocenters. The lowest BCUT2D eigenvalue weighted by atomic mass is 10.1. The first-order valence-electron chi connectivity index (χ1n) is 6.72. The second kappa shape index (κ2) is 4.89. The zero-order valence-electron chi connectivity index (χ0n) is 11.1. The van der Waals surface area contributed by atoms with E-state index in [2.05, 4.69) is 17.4 Å². The SMILES string of the molecule is NC(=O)c1cccc(Nc2ccc3c(c2)CCC3)c1N. The largest absolute Gasteiger partial charge is 0.396 e. The minimum atomic E-state index is -0.514. The molecule has 20 heavy (non-hydrogen) atoms. The molecule has 2 aromatic rings. The van der Waals surface area contributed by atoms with Crippen LogP contribution in [0.4, 0.5) is 17.1 Å². The van der Waals surface area contributed by atoms with Gasteiger partial charge in [-0.15, -0.1) is 0 Å². The third-order valence-electron chi connectivity index (χ3n) is 3.75. The number of primary amides is 1. The van der Waals surface area contributed by atoms with Crippen LogP contribution in [-0.4, -0.2) is 5.91 Å². The van der Waals surface area contributed by atoms with Crippen molar-refractivity contribution in [2.45, 2.75) is 19.3 Å². The van der Waals surface area contributed by atoms with E-state index >= 15 is 0 Å². The van der Waals surface area contributed by atoms with Crippen LogP contribution in [0.25, 0.3) is 0 Å². The summed E-state index contributed by atoms with van der Waals surface area (Å²) in [5, 5.41) is 3.26. The highest BCUT2D eigenvalue weighted by atomic mass is 16.1. The van der Waals surface area contributed by atoms with E-state index in [1.807, 2.05) is 12.1 Å². The van der Waals surface area contributed by atoms with Gasteiger partial charge in [-0.1, -0.05) is 12.1 Å². The summed E-state index contributed by atoms with van der Waals surface area (Å²) in [5.41, 5.74) is 16.5. The molecule has 5 N–H and O–H groups in total. The molecule has 3 rings (SSSR count). The lowest BCUT2D eigenvalue weighted by Crippen LogP contribution is -2.14. The monoisotopic (exact) mass is 267 g/mol. The van der Waals surface area contributed by atoms with Gasteiger partial charge in [0, 0.05) is 5.69 Å². The average Bonchev–Trinajstić information content (AvgIpc) is 2.88. The number of nitrogens with one attached hydrogen (secondary N) is 1. The van der Waals surface area contributed by atoms with E-state index in [0.29, 0.717) is 16.9 Å². The van der Waals surface area contributed by atoms with Crippen molar-refractivity contribution in [2.24, 2.45) is 5.73 Å². The fraction of sp³-hybridized carbons (Fsp3) is 0.188. The van der Waals surface area contributed by atoms with Crippen molar-refractivity contribution in [3.63, 3.8) is 0 Å². The Hall–Kier alpha value is -2.49. The molecule has 0 fully saturated rings. The highest BCUT2D eigenvalue weighted by Crippen LogP contribution is 2.29. The van der Waals surface area contributed by atoms with Crippen LogP contribution in [-0.2, 0) is 12.8 Å². The molecule has 0 aromatic heterocycles. The maximum atomic E-state index is 11.3. The summed E-state index contributed by atoms with van der Waals surface area (Å²) in [6.45, 7) is 0. The Kier molecular flexibility index (Phi) is 3.06. The Morgan fingerprint density at radius 1 is 1.10 bits per heavy atom. The van der Waals surface area contributed by atoms with Crippen LogP contribution in [0.5, 0.6) is 0 Å². The number of hydrogen-bond donors (Lipinski definition) is 3. The van der Waals surface area contributed by atoms with Crippen LogP contribution in [0.15, 0.2) is 36.4 Å². The topological polar surface area (TPSA) is 81.1 Å². The molecule has 0 saturated heterocycles. The molecule has 0 atom stereocenters. The minimum Gasteiger partial charge on any atom is -0.396 e. The Morgan fingerprint density at radius 3 is 2.70 bits per heavy atom. The van der Waals surface area contributed by atoms with E-state index in [9.17, 15) is 4.79 Å². The number of anilines is 3. The van der Waals surface area contributed by atoms with Crippen molar-refractivity contribution in [1.29, 1.82) is 0 Å². The number of benzene rings is 2. The molecule has 102 valence electrons. The summed E-state index contributed by atoms with van der Waals surface area (Å²) in [6.07, 6.45) is 3.51. The Labute approximate surface area is 117 Å². The van der Waals surface area contributed by atoms with E-state index in [1.165, 1.54) is 17.5 Å². The number of amides is 1. The van der Waals surface area contributed by atoms with Crippen molar-refractivity contribution in [1.82, 2.24) is 0 Å². The maximum absolute atomic E-state index is 11.3. The summed E-state index contributed by atoms with van der Waals surface area (Å²) in [6, 6.07) is 11.6. The first-order chi connectivity index (χ1) is 9.65. The first kappa shape index (κ1) is 12.5. The number of nitrogens with two attached hydrogens (primary N) is 2. The van der Waals surface area contributed by atoms with Gasteiger partial charge in [0.2, 0.25) is 0 Å². The zero-order chi connectivity index (χ0) is 14.1. The predicted octanol–water partition coefficient (Wildman–Crippen LogP) is 2.60. The molecular weight excluding hydrogens is 250 g/mol.